The molecule has 0 radical (unpaired) electrons. The Morgan fingerprint density at radius 2 is 2.33 bits per heavy atom. The largest absolute Gasteiger partial charge is 0.394 e. The summed E-state index contributed by atoms with van der Waals surface area (Å²) in [6.45, 7) is -0.213. The van der Waals surface area contributed by atoms with Gasteiger partial charge >= 0.3 is 0 Å². The van der Waals surface area contributed by atoms with Crippen LogP contribution in [-0.2, 0) is 10.0 Å². The van der Waals surface area contributed by atoms with E-state index in [2.05, 4.69) is 9.71 Å². The lowest BCUT2D eigenvalue weighted by atomic mass is 10.3. The summed E-state index contributed by atoms with van der Waals surface area (Å²) in [5, 5.41) is 10.8. The van der Waals surface area contributed by atoms with Crippen LogP contribution in [0.3, 0.4) is 0 Å². The van der Waals surface area contributed by atoms with E-state index >= 15 is 0 Å². The first-order valence-electron chi connectivity index (χ1n) is 5.23. The molecule has 0 spiro atoms. The van der Waals surface area contributed by atoms with Gasteiger partial charge in [-0.2, -0.15) is 0 Å². The number of imidazole rings is 1. The zero-order valence-corrected chi connectivity index (χ0v) is 11.5. The topological polar surface area (TPSA) is 83.7 Å². The monoisotopic (exact) mass is 307 g/mol. The van der Waals surface area contributed by atoms with Crippen LogP contribution in [0.15, 0.2) is 16.6 Å². The predicted molar refractivity (Wildman–Crippen MR) is 67.5 cm³/mol. The molecule has 0 aliphatic heterocycles. The van der Waals surface area contributed by atoms with Gasteiger partial charge in [0.25, 0.3) is 10.0 Å². The van der Waals surface area contributed by atoms with E-state index in [4.69, 9.17) is 11.6 Å². The standard InChI is InChI=1S/C9H10ClN3O3S2/c10-6-7(13-3-4-17-8(13)11-6)18(15,16)12-9(5-14)1-2-9/h3-4,12,14H,1-2,5H2. The highest BCUT2D eigenvalue weighted by Gasteiger charge is 2.46. The highest BCUT2D eigenvalue weighted by Crippen LogP contribution is 2.37. The van der Waals surface area contributed by atoms with E-state index in [0.717, 1.165) is 0 Å². The van der Waals surface area contributed by atoms with E-state index < -0.39 is 15.6 Å². The average molecular weight is 308 g/mol. The molecule has 0 unspecified atom stereocenters. The third-order valence-corrected chi connectivity index (χ3v) is 5.67. The Kier molecular flexibility index (Phi) is 2.69. The van der Waals surface area contributed by atoms with Gasteiger partial charge in [0.15, 0.2) is 15.1 Å². The third kappa shape index (κ3) is 1.84. The number of nitrogens with zero attached hydrogens (tertiary/aromatic N) is 2. The first-order valence-corrected chi connectivity index (χ1v) is 7.97. The van der Waals surface area contributed by atoms with Crippen LogP contribution in [0.4, 0.5) is 0 Å². The molecule has 3 rings (SSSR count). The van der Waals surface area contributed by atoms with Gasteiger partial charge in [-0.3, -0.25) is 4.40 Å². The molecule has 2 N–H and O–H groups in total. The van der Waals surface area contributed by atoms with Gasteiger partial charge in [0.05, 0.1) is 12.1 Å². The second-order valence-corrected chi connectivity index (χ2v) is 7.14. The Morgan fingerprint density at radius 3 is 2.94 bits per heavy atom. The minimum absolute atomic E-state index is 0.0527. The predicted octanol–water partition coefficient (Wildman–Crippen LogP) is 0.852. The Labute approximate surface area is 112 Å². The first-order chi connectivity index (χ1) is 8.47. The smallest absolute Gasteiger partial charge is 0.260 e. The number of thiazole rings is 1. The van der Waals surface area contributed by atoms with Gasteiger partial charge in [0.2, 0.25) is 0 Å². The fourth-order valence-electron chi connectivity index (χ4n) is 1.76. The second kappa shape index (κ2) is 3.91. The third-order valence-electron chi connectivity index (χ3n) is 2.94. The van der Waals surface area contributed by atoms with Gasteiger partial charge in [-0.1, -0.05) is 11.6 Å². The summed E-state index contributed by atoms with van der Waals surface area (Å²) in [6.07, 6.45) is 2.86. The van der Waals surface area contributed by atoms with Crippen molar-refractivity contribution in [1.29, 1.82) is 0 Å². The maximum absolute atomic E-state index is 12.3. The maximum atomic E-state index is 12.3. The lowest BCUT2D eigenvalue weighted by Crippen LogP contribution is -2.40. The van der Waals surface area contributed by atoms with Gasteiger partial charge in [0.1, 0.15) is 0 Å². The van der Waals surface area contributed by atoms with Crippen molar-refractivity contribution in [2.24, 2.45) is 0 Å². The summed E-state index contributed by atoms with van der Waals surface area (Å²) in [6, 6.07) is 0. The molecule has 0 aromatic carbocycles. The fraction of sp³-hybridized carbons (Fsp3) is 0.444. The molecule has 1 saturated carbocycles. The Hall–Kier alpha value is -0.670. The SMILES string of the molecule is O=S(=O)(NC1(CO)CC1)c1c(Cl)nc2sccn12. The molecule has 2 heterocycles. The summed E-state index contributed by atoms with van der Waals surface area (Å²) in [5.41, 5.74) is -0.720. The number of nitrogens with one attached hydrogen (secondary N) is 1. The van der Waals surface area contributed by atoms with Crippen LogP contribution >= 0.6 is 22.9 Å². The molecule has 0 atom stereocenters. The average Bonchev–Trinajstić information content (AvgIpc) is 2.76. The number of aliphatic hydroxyl groups excluding tert-OH is 1. The Balaban J connectivity index is 2.07. The number of fused-ring (bicyclic) bond motifs is 1. The highest BCUT2D eigenvalue weighted by atomic mass is 35.5. The molecule has 1 fully saturated rings. The van der Waals surface area contributed by atoms with Crippen molar-refractivity contribution in [3.05, 3.63) is 16.7 Å². The van der Waals surface area contributed by atoms with E-state index in [1.165, 1.54) is 15.7 Å². The van der Waals surface area contributed by atoms with Crippen molar-refractivity contribution < 1.29 is 13.5 Å². The Morgan fingerprint density at radius 1 is 1.61 bits per heavy atom. The zero-order valence-electron chi connectivity index (χ0n) is 9.13. The normalized spacial score (nSPS) is 18.3. The lowest BCUT2D eigenvalue weighted by Gasteiger charge is -2.13. The molecule has 9 heteroatoms. The molecule has 0 saturated heterocycles. The molecule has 1 aliphatic rings. The van der Waals surface area contributed by atoms with E-state index in [1.807, 2.05) is 0 Å². The summed E-state index contributed by atoms with van der Waals surface area (Å²) in [4.78, 5) is 4.50. The number of sulfonamides is 1. The summed E-state index contributed by atoms with van der Waals surface area (Å²) < 4.78 is 28.5. The second-order valence-electron chi connectivity index (χ2n) is 4.31. The van der Waals surface area contributed by atoms with Gasteiger partial charge in [0, 0.05) is 11.6 Å². The van der Waals surface area contributed by atoms with E-state index in [0.29, 0.717) is 17.8 Å². The molecule has 1 aliphatic carbocycles. The van der Waals surface area contributed by atoms with E-state index in [1.54, 1.807) is 11.6 Å². The minimum atomic E-state index is -3.79. The van der Waals surface area contributed by atoms with Gasteiger partial charge < -0.3 is 5.11 Å². The number of aromatic nitrogens is 2. The van der Waals surface area contributed by atoms with Crippen LogP contribution in [0.25, 0.3) is 4.96 Å². The molecule has 0 amide bonds. The number of hydrogen-bond donors (Lipinski definition) is 2. The Bertz CT molecular complexity index is 702. The van der Waals surface area contributed by atoms with E-state index in [-0.39, 0.29) is 16.8 Å². The maximum Gasteiger partial charge on any atom is 0.260 e. The highest BCUT2D eigenvalue weighted by molar-refractivity contribution is 7.89. The summed E-state index contributed by atoms with van der Waals surface area (Å²) in [7, 11) is -3.79. The number of hydrogen-bond acceptors (Lipinski definition) is 5. The van der Waals surface area contributed by atoms with Crippen molar-refractivity contribution in [2.45, 2.75) is 23.4 Å². The van der Waals surface area contributed by atoms with Crippen molar-refractivity contribution in [3.8, 4) is 0 Å². The van der Waals surface area contributed by atoms with Crippen molar-refractivity contribution >= 4 is 37.9 Å². The molecule has 6 nitrogen and oxygen atoms in total. The quantitative estimate of drug-likeness (QED) is 0.877. The van der Waals surface area contributed by atoms with Crippen LogP contribution in [-0.4, -0.2) is 35.1 Å². The lowest BCUT2D eigenvalue weighted by molar-refractivity contribution is 0.246. The van der Waals surface area contributed by atoms with E-state index in [9.17, 15) is 13.5 Å². The van der Waals surface area contributed by atoms with Gasteiger partial charge in [-0.15, -0.1) is 11.3 Å². The van der Waals surface area contributed by atoms with Crippen LogP contribution < -0.4 is 4.72 Å². The van der Waals surface area contributed by atoms with Crippen LogP contribution in [0.1, 0.15) is 12.8 Å². The summed E-state index contributed by atoms with van der Waals surface area (Å²) in [5.74, 6) is 0. The molecular weight excluding hydrogens is 298 g/mol. The first kappa shape index (κ1) is 12.4. The van der Waals surface area contributed by atoms with Gasteiger partial charge in [-0.05, 0) is 12.8 Å². The fourth-order valence-corrected chi connectivity index (χ4v) is 4.66. The van der Waals surface area contributed by atoms with Crippen LogP contribution in [0, 0.1) is 0 Å². The van der Waals surface area contributed by atoms with Gasteiger partial charge in [-0.25, -0.2) is 18.1 Å². The van der Waals surface area contributed by atoms with Crippen molar-refractivity contribution in [2.75, 3.05) is 6.61 Å². The molecule has 98 valence electrons. The number of halogens is 1. The molecule has 18 heavy (non-hydrogen) atoms. The van der Waals surface area contributed by atoms with Crippen LogP contribution in [0.2, 0.25) is 5.15 Å². The van der Waals surface area contributed by atoms with Crippen LogP contribution in [0.5, 0.6) is 0 Å². The number of rotatable bonds is 4. The van der Waals surface area contributed by atoms with Crippen molar-refractivity contribution in [1.82, 2.24) is 14.1 Å². The zero-order chi connectivity index (χ0) is 13.0. The summed E-state index contributed by atoms with van der Waals surface area (Å²) >= 11 is 7.18. The number of aliphatic hydroxyl groups is 1. The molecule has 2 aromatic heterocycles. The minimum Gasteiger partial charge on any atom is -0.394 e. The molecule has 0 bridgehead atoms. The molecular formula is C9H10ClN3O3S2. The van der Waals surface area contributed by atoms with Crippen molar-refractivity contribution in [3.63, 3.8) is 0 Å². The molecule has 2 aromatic rings.